The van der Waals surface area contributed by atoms with Gasteiger partial charge in [0.2, 0.25) is 11.8 Å². The third kappa shape index (κ3) is 6.82. The van der Waals surface area contributed by atoms with E-state index in [1.54, 1.807) is 39.3 Å². The number of amides is 2. The monoisotopic (exact) mass is 452 g/mol. The summed E-state index contributed by atoms with van der Waals surface area (Å²) in [6, 6.07) is 11.8. The standard InChI is InChI=1S/C22H26Cl2N2O4/c1-15(22(28)25-2)26(14-16-6-11-19(23)20(24)13-16)21(27)5-4-12-30-18-9-7-17(29-3)8-10-18/h6-11,13,15H,4-5,12,14H2,1-3H3,(H,25,28)/t15-/m0/s1. The zero-order chi connectivity index (χ0) is 22.1. The predicted molar refractivity (Wildman–Crippen MR) is 118 cm³/mol. The minimum Gasteiger partial charge on any atom is -0.497 e. The quantitative estimate of drug-likeness (QED) is 0.544. The molecule has 0 radical (unpaired) electrons. The molecule has 6 nitrogen and oxygen atoms in total. The van der Waals surface area contributed by atoms with Crippen LogP contribution in [0.3, 0.4) is 0 Å². The van der Waals surface area contributed by atoms with Crippen LogP contribution in [0, 0.1) is 0 Å². The first-order chi connectivity index (χ1) is 14.3. The summed E-state index contributed by atoms with van der Waals surface area (Å²) in [6.45, 7) is 2.33. The van der Waals surface area contributed by atoms with Gasteiger partial charge in [0, 0.05) is 20.0 Å². The summed E-state index contributed by atoms with van der Waals surface area (Å²) < 4.78 is 10.8. The Morgan fingerprint density at radius 1 is 1.07 bits per heavy atom. The molecule has 8 heteroatoms. The second-order valence-electron chi connectivity index (χ2n) is 6.69. The molecule has 0 fully saturated rings. The third-order valence-electron chi connectivity index (χ3n) is 4.61. The van der Waals surface area contributed by atoms with Crippen LogP contribution in [0.2, 0.25) is 10.0 Å². The summed E-state index contributed by atoms with van der Waals surface area (Å²) in [5.41, 5.74) is 0.794. The van der Waals surface area contributed by atoms with Crippen LogP contribution >= 0.6 is 23.2 Å². The summed E-state index contributed by atoms with van der Waals surface area (Å²) in [5, 5.41) is 3.43. The Morgan fingerprint density at radius 2 is 1.73 bits per heavy atom. The maximum atomic E-state index is 12.9. The van der Waals surface area contributed by atoms with Crippen LogP contribution in [0.25, 0.3) is 0 Å². The van der Waals surface area contributed by atoms with Gasteiger partial charge >= 0.3 is 0 Å². The van der Waals surface area contributed by atoms with E-state index < -0.39 is 6.04 Å². The fourth-order valence-electron chi connectivity index (χ4n) is 2.86. The molecule has 1 atom stereocenters. The van der Waals surface area contributed by atoms with Crippen molar-refractivity contribution in [2.75, 3.05) is 20.8 Å². The number of methoxy groups -OCH3 is 1. The molecule has 162 valence electrons. The summed E-state index contributed by atoms with van der Waals surface area (Å²) in [4.78, 5) is 26.6. The number of rotatable bonds is 10. The van der Waals surface area contributed by atoms with Gasteiger partial charge in [-0.25, -0.2) is 0 Å². The summed E-state index contributed by atoms with van der Waals surface area (Å²) in [6.07, 6.45) is 0.766. The molecule has 0 bridgehead atoms. The number of hydrogen-bond donors (Lipinski definition) is 1. The molecule has 2 rings (SSSR count). The van der Waals surface area contributed by atoms with Crippen molar-refractivity contribution < 1.29 is 19.1 Å². The third-order valence-corrected chi connectivity index (χ3v) is 5.35. The summed E-state index contributed by atoms with van der Waals surface area (Å²) >= 11 is 12.1. The van der Waals surface area contributed by atoms with E-state index in [9.17, 15) is 9.59 Å². The van der Waals surface area contributed by atoms with Crippen LogP contribution in [0.5, 0.6) is 11.5 Å². The molecule has 0 saturated heterocycles. The van der Waals surface area contributed by atoms with Gasteiger partial charge in [-0.1, -0.05) is 29.3 Å². The normalized spacial score (nSPS) is 11.5. The van der Waals surface area contributed by atoms with Crippen molar-refractivity contribution in [1.82, 2.24) is 10.2 Å². The van der Waals surface area contributed by atoms with E-state index in [1.807, 2.05) is 24.3 Å². The molecule has 0 aliphatic heterocycles. The van der Waals surface area contributed by atoms with E-state index in [4.69, 9.17) is 32.7 Å². The minimum absolute atomic E-state index is 0.143. The van der Waals surface area contributed by atoms with Crippen LogP contribution in [0.15, 0.2) is 42.5 Å². The van der Waals surface area contributed by atoms with Gasteiger partial charge in [-0.15, -0.1) is 0 Å². The summed E-state index contributed by atoms with van der Waals surface area (Å²) in [5.74, 6) is 1.07. The molecule has 0 saturated carbocycles. The van der Waals surface area contributed by atoms with Crippen molar-refractivity contribution in [2.24, 2.45) is 0 Å². The first-order valence-corrected chi connectivity index (χ1v) is 10.3. The van der Waals surface area contributed by atoms with Crippen LogP contribution in [0.1, 0.15) is 25.3 Å². The Morgan fingerprint density at radius 3 is 2.33 bits per heavy atom. The summed E-state index contributed by atoms with van der Waals surface area (Å²) in [7, 11) is 3.15. The number of nitrogens with zero attached hydrogens (tertiary/aromatic N) is 1. The van der Waals surface area contributed by atoms with E-state index in [0.29, 0.717) is 28.8 Å². The van der Waals surface area contributed by atoms with Crippen molar-refractivity contribution in [1.29, 1.82) is 0 Å². The molecule has 30 heavy (non-hydrogen) atoms. The van der Waals surface area contributed by atoms with E-state index in [2.05, 4.69) is 5.32 Å². The Bertz CT molecular complexity index is 859. The molecule has 0 aliphatic rings. The topological polar surface area (TPSA) is 67.9 Å². The van der Waals surface area contributed by atoms with Gasteiger partial charge in [0.15, 0.2) is 0 Å². The average molecular weight is 453 g/mol. The largest absolute Gasteiger partial charge is 0.497 e. The smallest absolute Gasteiger partial charge is 0.242 e. The van der Waals surface area contributed by atoms with Gasteiger partial charge in [-0.3, -0.25) is 9.59 Å². The van der Waals surface area contributed by atoms with E-state index in [-0.39, 0.29) is 24.8 Å². The van der Waals surface area contributed by atoms with Gasteiger partial charge in [-0.2, -0.15) is 0 Å². The first-order valence-electron chi connectivity index (χ1n) is 9.57. The van der Waals surface area contributed by atoms with Gasteiger partial charge in [0.05, 0.1) is 23.8 Å². The number of likely N-dealkylation sites (N-methyl/N-ethyl adjacent to an activating group) is 1. The number of nitrogens with one attached hydrogen (secondary N) is 1. The lowest BCUT2D eigenvalue weighted by molar-refractivity contribution is -0.140. The molecular weight excluding hydrogens is 427 g/mol. The Hall–Kier alpha value is -2.44. The number of carbonyl (C=O) groups excluding carboxylic acids is 2. The second-order valence-corrected chi connectivity index (χ2v) is 7.50. The van der Waals surface area contributed by atoms with Crippen molar-refractivity contribution in [2.45, 2.75) is 32.4 Å². The number of hydrogen-bond acceptors (Lipinski definition) is 4. The SMILES string of the molecule is CNC(=O)[C@H](C)N(Cc1ccc(Cl)c(Cl)c1)C(=O)CCCOc1ccc(OC)cc1. The molecule has 0 aromatic heterocycles. The number of ether oxygens (including phenoxy) is 2. The van der Waals surface area contributed by atoms with Gasteiger partial charge in [0.1, 0.15) is 17.5 Å². The molecule has 2 aromatic carbocycles. The fourth-order valence-corrected chi connectivity index (χ4v) is 3.18. The first kappa shape index (κ1) is 23.8. The van der Waals surface area contributed by atoms with Crippen LogP contribution in [-0.2, 0) is 16.1 Å². The van der Waals surface area contributed by atoms with E-state index in [1.165, 1.54) is 4.90 Å². The van der Waals surface area contributed by atoms with Crippen LogP contribution in [-0.4, -0.2) is 43.5 Å². The maximum absolute atomic E-state index is 12.9. The molecule has 0 aliphatic carbocycles. The maximum Gasteiger partial charge on any atom is 0.242 e. The number of halogens is 2. The van der Waals surface area contributed by atoms with Crippen molar-refractivity contribution in [3.63, 3.8) is 0 Å². The van der Waals surface area contributed by atoms with E-state index >= 15 is 0 Å². The Labute approximate surface area is 187 Å². The van der Waals surface area contributed by atoms with E-state index in [0.717, 1.165) is 11.3 Å². The minimum atomic E-state index is -0.625. The second kappa shape index (κ2) is 11.7. The number of carbonyl (C=O) groups is 2. The van der Waals surface area contributed by atoms with Crippen molar-refractivity contribution >= 4 is 35.0 Å². The van der Waals surface area contributed by atoms with Gasteiger partial charge < -0.3 is 19.7 Å². The molecular formula is C22H26Cl2N2O4. The Balaban J connectivity index is 1.97. The molecule has 0 spiro atoms. The zero-order valence-electron chi connectivity index (χ0n) is 17.3. The fraction of sp³-hybridized carbons (Fsp3) is 0.364. The Kier molecular flexibility index (Phi) is 9.27. The highest BCUT2D eigenvalue weighted by atomic mass is 35.5. The van der Waals surface area contributed by atoms with Crippen molar-refractivity contribution in [3.05, 3.63) is 58.1 Å². The lowest BCUT2D eigenvalue weighted by Crippen LogP contribution is -2.46. The molecule has 1 N–H and O–H groups in total. The number of benzene rings is 2. The molecule has 0 heterocycles. The van der Waals surface area contributed by atoms with Crippen LogP contribution in [0.4, 0.5) is 0 Å². The highest BCUT2D eigenvalue weighted by molar-refractivity contribution is 6.42. The zero-order valence-corrected chi connectivity index (χ0v) is 18.8. The van der Waals surface area contributed by atoms with Crippen LogP contribution < -0.4 is 14.8 Å². The molecule has 2 aromatic rings. The molecule has 2 amide bonds. The van der Waals surface area contributed by atoms with Gasteiger partial charge in [0.25, 0.3) is 0 Å². The average Bonchev–Trinajstić information content (AvgIpc) is 2.76. The predicted octanol–water partition coefficient (Wildman–Crippen LogP) is 4.32. The van der Waals surface area contributed by atoms with Crippen molar-refractivity contribution in [3.8, 4) is 11.5 Å². The highest BCUT2D eigenvalue weighted by Crippen LogP contribution is 2.24. The molecule has 0 unspecified atom stereocenters. The highest BCUT2D eigenvalue weighted by Gasteiger charge is 2.25. The lowest BCUT2D eigenvalue weighted by Gasteiger charge is -2.28. The lowest BCUT2D eigenvalue weighted by atomic mass is 10.1. The van der Waals surface area contributed by atoms with Gasteiger partial charge in [-0.05, 0) is 55.3 Å².